The smallest absolute Gasteiger partial charge is 0.179 e. The van der Waals surface area contributed by atoms with Crippen molar-refractivity contribution in [2.75, 3.05) is 32.7 Å². The number of halogens is 1. The van der Waals surface area contributed by atoms with Crippen LogP contribution in [0.25, 0.3) is 0 Å². The quantitative estimate of drug-likeness (QED) is 0.764. The van der Waals surface area contributed by atoms with Crippen molar-refractivity contribution in [1.82, 2.24) is 19.2 Å². The lowest BCUT2D eigenvalue weighted by atomic mass is 10.1. The summed E-state index contributed by atoms with van der Waals surface area (Å²) in [5.74, 6) is 0.992. The van der Waals surface area contributed by atoms with Gasteiger partial charge in [-0.3, -0.25) is 9.80 Å². The summed E-state index contributed by atoms with van der Waals surface area (Å²) in [5.41, 5.74) is 0. The van der Waals surface area contributed by atoms with Gasteiger partial charge in [0.15, 0.2) is 9.74 Å². The molecule has 0 amide bonds. The standard InChI is InChI=1S/C8H11BrN4S/c9-8-10-7(11-14-8)6-5-12-1-3-13(6)4-2-12/h6H,1-5H2. The number of hydrogen-bond donors (Lipinski definition) is 0. The zero-order valence-corrected chi connectivity index (χ0v) is 10.1. The van der Waals surface area contributed by atoms with Gasteiger partial charge in [-0.05, 0) is 27.5 Å². The van der Waals surface area contributed by atoms with Gasteiger partial charge >= 0.3 is 0 Å². The van der Waals surface area contributed by atoms with Gasteiger partial charge in [0.25, 0.3) is 0 Å². The van der Waals surface area contributed by atoms with Crippen LogP contribution in [-0.4, -0.2) is 51.9 Å². The summed E-state index contributed by atoms with van der Waals surface area (Å²) in [6.07, 6.45) is 0. The molecule has 1 unspecified atom stereocenters. The van der Waals surface area contributed by atoms with E-state index in [-0.39, 0.29) is 0 Å². The van der Waals surface area contributed by atoms with Crippen molar-refractivity contribution < 1.29 is 0 Å². The number of nitrogens with zero attached hydrogens (tertiary/aromatic N) is 4. The maximum atomic E-state index is 4.41. The number of fused-ring (bicyclic) bond motifs is 3. The fraction of sp³-hybridized carbons (Fsp3) is 0.750. The molecule has 0 N–H and O–H groups in total. The molecule has 14 heavy (non-hydrogen) atoms. The van der Waals surface area contributed by atoms with E-state index < -0.39 is 0 Å². The molecule has 1 aromatic heterocycles. The van der Waals surface area contributed by atoms with E-state index in [1.807, 2.05) is 0 Å². The Hall–Kier alpha value is -0.0400. The highest BCUT2D eigenvalue weighted by molar-refractivity contribution is 9.11. The zero-order chi connectivity index (χ0) is 9.54. The van der Waals surface area contributed by atoms with E-state index in [2.05, 4.69) is 35.1 Å². The Morgan fingerprint density at radius 1 is 1.29 bits per heavy atom. The average molecular weight is 275 g/mol. The van der Waals surface area contributed by atoms with Crippen LogP contribution in [0.15, 0.2) is 3.92 Å². The second-order valence-corrected chi connectivity index (χ2v) is 5.79. The molecule has 4 heterocycles. The minimum absolute atomic E-state index is 0.431. The van der Waals surface area contributed by atoms with Gasteiger partial charge < -0.3 is 0 Å². The van der Waals surface area contributed by atoms with Crippen LogP contribution in [0.2, 0.25) is 0 Å². The van der Waals surface area contributed by atoms with Gasteiger partial charge in [0, 0.05) is 32.7 Å². The molecule has 76 valence electrons. The molecule has 3 aliphatic heterocycles. The summed E-state index contributed by atoms with van der Waals surface area (Å²) in [7, 11) is 0. The molecule has 3 fully saturated rings. The SMILES string of the molecule is Brc1nc(C2CN3CCN2CC3)ns1. The molecule has 2 bridgehead atoms. The van der Waals surface area contributed by atoms with Gasteiger partial charge in [0.1, 0.15) is 0 Å². The lowest BCUT2D eigenvalue weighted by Crippen LogP contribution is -2.57. The highest BCUT2D eigenvalue weighted by Gasteiger charge is 2.34. The third-order valence-corrected chi connectivity index (χ3v) is 4.13. The topological polar surface area (TPSA) is 32.3 Å². The van der Waals surface area contributed by atoms with E-state index in [9.17, 15) is 0 Å². The Labute approximate surface area is 95.2 Å². The number of hydrogen-bond acceptors (Lipinski definition) is 5. The largest absolute Gasteiger partial charge is 0.299 e. The third kappa shape index (κ3) is 1.50. The van der Waals surface area contributed by atoms with Crippen molar-refractivity contribution in [3.05, 3.63) is 9.74 Å². The molecule has 0 aliphatic carbocycles. The predicted molar refractivity (Wildman–Crippen MR) is 58.4 cm³/mol. The van der Waals surface area contributed by atoms with E-state index in [1.165, 1.54) is 37.7 Å². The van der Waals surface area contributed by atoms with Crippen LogP contribution >= 0.6 is 27.5 Å². The van der Waals surface area contributed by atoms with Gasteiger partial charge in [0.2, 0.25) is 0 Å². The van der Waals surface area contributed by atoms with Crippen LogP contribution in [-0.2, 0) is 0 Å². The summed E-state index contributed by atoms with van der Waals surface area (Å²) < 4.78 is 5.27. The number of aromatic nitrogens is 2. The van der Waals surface area contributed by atoms with E-state index in [0.29, 0.717) is 6.04 Å². The number of piperazine rings is 3. The summed E-state index contributed by atoms with van der Waals surface area (Å²) in [6, 6.07) is 0.431. The maximum Gasteiger partial charge on any atom is 0.179 e. The van der Waals surface area contributed by atoms with Gasteiger partial charge in [-0.1, -0.05) is 0 Å². The zero-order valence-electron chi connectivity index (χ0n) is 7.69. The van der Waals surface area contributed by atoms with Crippen molar-refractivity contribution >= 4 is 27.5 Å². The van der Waals surface area contributed by atoms with Crippen molar-refractivity contribution in [2.45, 2.75) is 6.04 Å². The average Bonchev–Trinajstić information content (AvgIpc) is 2.66. The van der Waals surface area contributed by atoms with Crippen LogP contribution in [0.4, 0.5) is 0 Å². The normalized spacial score (nSPS) is 36.2. The van der Waals surface area contributed by atoms with Crippen molar-refractivity contribution in [2.24, 2.45) is 0 Å². The minimum Gasteiger partial charge on any atom is -0.299 e. The molecule has 4 nitrogen and oxygen atoms in total. The van der Waals surface area contributed by atoms with E-state index >= 15 is 0 Å². The fourth-order valence-corrected chi connectivity index (χ4v) is 3.08. The van der Waals surface area contributed by atoms with Gasteiger partial charge in [-0.15, -0.1) is 0 Å². The van der Waals surface area contributed by atoms with Gasteiger partial charge in [-0.25, -0.2) is 4.98 Å². The molecule has 0 saturated carbocycles. The van der Waals surface area contributed by atoms with E-state index in [1.54, 1.807) is 0 Å². The molecular weight excluding hydrogens is 264 g/mol. The molecule has 0 radical (unpaired) electrons. The van der Waals surface area contributed by atoms with Crippen LogP contribution in [0, 0.1) is 0 Å². The molecule has 0 spiro atoms. The molecule has 1 atom stereocenters. The summed E-state index contributed by atoms with van der Waals surface area (Å²) in [5, 5.41) is 0. The Bertz CT molecular complexity index is 334. The molecule has 0 aromatic carbocycles. The van der Waals surface area contributed by atoms with Crippen molar-refractivity contribution in [3.8, 4) is 0 Å². The van der Waals surface area contributed by atoms with Crippen LogP contribution in [0.5, 0.6) is 0 Å². The van der Waals surface area contributed by atoms with Crippen LogP contribution in [0.1, 0.15) is 11.9 Å². The minimum atomic E-state index is 0.431. The lowest BCUT2D eigenvalue weighted by molar-refractivity contribution is 0.00910. The molecule has 3 aliphatic rings. The van der Waals surface area contributed by atoms with Crippen molar-refractivity contribution in [1.29, 1.82) is 0 Å². The van der Waals surface area contributed by atoms with E-state index in [0.717, 1.165) is 16.3 Å². The van der Waals surface area contributed by atoms with Crippen LogP contribution < -0.4 is 0 Å². The first kappa shape index (κ1) is 9.21. The monoisotopic (exact) mass is 274 g/mol. The molecular formula is C8H11BrN4S. The fourth-order valence-electron chi connectivity index (χ4n) is 2.21. The summed E-state index contributed by atoms with van der Waals surface area (Å²) in [6.45, 7) is 5.86. The molecule has 4 rings (SSSR count). The maximum absolute atomic E-state index is 4.41. The second-order valence-electron chi connectivity index (χ2n) is 3.76. The third-order valence-electron chi connectivity index (χ3n) is 2.99. The first-order chi connectivity index (χ1) is 6.83. The molecule has 6 heteroatoms. The Balaban J connectivity index is 1.85. The van der Waals surface area contributed by atoms with Gasteiger partial charge in [-0.2, -0.15) is 4.37 Å². The predicted octanol–water partition coefficient (Wildman–Crippen LogP) is 0.973. The Kier molecular flexibility index (Phi) is 2.31. The first-order valence-corrected chi connectivity index (χ1v) is 6.35. The molecule has 1 aromatic rings. The Morgan fingerprint density at radius 3 is 2.57 bits per heavy atom. The lowest BCUT2D eigenvalue weighted by Gasteiger charge is -2.46. The number of rotatable bonds is 1. The highest BCUT2D eigenvalue weighted by Crippen LogP contribution is 2.28. The highest BCUT2D eigenvalue weighted by atomic mass is 79.9. The first-order valence-electron chi connectivity index (χ1n) is 4.78. The molecule has 3 saturated heterocycles. The van der Waals surface area contributed by atoms with E-state index in [4.69, 9.17) is 0 Å². The van der Waals surface area contributed by atoms with Crippen molar-refractivity contribution in [3.63, 3.8) is 0 Å². The summed E-state index contributed by atoms with van der Waals surface area (Å²) in [4.78, 5) is 9.40. The van der Waals surface area contributed by atoms with Gasteiger partial charge in [0.05, 0.1) is 6.04 Å². The van der Waals surface area contributed by atoms with Crippen LogP contribution in [0.3, 0.4) is 0 Å². The summed E-state index contributed by atoms with van der Waals surface area (Å²) >= 11 is 4.80. The Morgan fingerprint density at radius 2 is 2.07 bits per heavy atom. The second kappa shape index (κ2) is 3.52.